The van der Waals surface area contributed by atoms with E-state index in [0.29, 0.717) is 11.7 Å². The lowest BCUT2D eigenvalue weighted by atomic mass is 10.1. The predicted octanol–water partition coefficient (Wildman–Crippen LogP) is 3.01. The van der Waals surface area contributed by atoms with Gasteiger partial charge in [0.25, 0.3) is 0 Å². The lowest BCUT2D eigenvalue weighted by molar-refractivity contribution is -0.119. The van der Waals surface area contributed by atoms with Crippen LogP contribution in [0.25, 0.3) is 0 Å². The number of amides is 3. The number of nitrogens with zero attached hydrogens (tertiary/aromatic N) is 4. The van der Waals surface area contributed by atoms with E-state index in [9.17, 15) is 9.59 Å². The van der Waals surface area contributed by atoms with Gasteiger partial charge in [0.1, 0.15) is 5.76 Å². The first kappa shape index (κ1) is 22.2. The molecule has 0 aliphatic carbocycles. The molecule has 2 aromatic heterocycles. The molecule has 0 spiro atoms. The highest BCUT2D eigenvalue weighted by Crippen LogP contribution is 2.28. The molecule has 0 unspecified atom stereocenters. The molecule has 0 bridgehead atoms. The number of furan rings is 1. The van der Waals surface area contributed by atoms with E-state index < -0.39 is 16.8 Å². The van der Waals surface area contributed by atoms with E-state index in [4.69, 9.17) is 4.42 Å². The number of hydrogen-bond acceptors (Lipinski definition) is 7. The molecule has 9 nitrogen and oxygen atoms in total. The number of anilines is 1. The summed E-state index contributed by atoms with van der Waals surface area (Å²) in [5.74, 6) is 1.19. The van der Waals surface area contributed by atoms with Gasteiger partial charge in [-0.3, -0.25) is 14.7 Å². The minimum absolute atomic E-state index is 0.381. The number of aromatic nitrogens is 3. The van der Waals surface area contributed by atoms with Crippen LogP contribution in [0.5, 0.6) is 0 Å². The highest BCUT2D eigenvalue weighted by atomic mass is 32.2. The number of urea groups is 1. The molecule has 1 aliphatic rings. The van der Waals surface area contributed by atoms with E-state index in [-0.39, 0.29) is 5.91 Å². The Morgan fingerprint density at radius 3 is 2.60 bits per heavy atom. The normalized spacial score (nSPS) is 15.7. The molecule has 3 heterocycles. The highest BCUT2D eigenvalue weighted by molar-refractivity contribution is 8.00. The molecule has 1 fully saturated rings. The number of thioether (sulfide) groups is 1. The quantitative estimate of drug-likeness (QED) is 0.673. The Balaban J connectivity index is 1.73. The molecule has 0 aromatic carbocycles. The van der Waals surface area contributed by atoms with Crippen molar-refractivity contribution in [2.45, 2.75) is 69.4 Å². The molecular weight excluding hydrogens is 404 g/mol. The fourth-order valence-corrected chi connectivity index (χ4v) is 4.03. The van der Waals surface area contributed by atoms with E-state index >= 15 is 0 Å². The van der Waals surface area contributed by atoms with Crippen molar-refractivity contribution >= 4 is 29.6 Å². The first-order valence-electron chi connectivity index (χ1n) is 10.2. The zero-order valence-electron chi connectivity index (χ0n) is 18.0. The summed E-state index contributed by atoms with van der Waals surface area (Å²) in [7, 11) is 0. The van der Waals surface area contributed by atoms with Crippen molar-refractivity contribution < 1.29 is 14.0 Å². The van der Waals surface area contributed by atoms with Gasteiger partial charge in [-0.25, -0.2) is 4.79 Å². The topological polar surface area (TPSA) is 105 Å². The van der Waals surface area contributed by atoms with Crippen LogP contribution in [0.4, 0.5) is 10.7 Å². The van der Waals surface area contributed by atoms with Crippen LogP contribution in [-0.4, -0.2) is 50.6 Å². The zero-order chi connectivity index (χ0) is 21.7. The third-order valence-corrected chi connectivity index (χ3v) is 5.69. The van der Waals surface area contributed by atoms with E-state index in [2.05, 4.69) is 25.7 Å². The summed E-state index contributed by atoms with van der Waals surface area (Å²) in [6.07, 6.45) is 5.10. The lowest BCUT2D eigenvalue weighted by Gasteiger charge is -2.27. The number of carbonyl (C=O) groups excluding carboxylic acids is 2. The van der Waals surface area contributed by atoms with Gasteiger partial charge in [-0.1, -0.05) is 11.8 Å². The second kappa shape index (κ2) is 9.55. The molecule has 30 heavy (non-hydrogen) atoms. The molecule has 1 saturated heterocycles. The predicted molar refractivity (Wildman–Crippen MR) is 116 cm³/mol. The summed E-state index contributed by atoms with van der Waals surface area (Å²) in [6, 6.07) is 3.24. The van der Waals surface area contributed by atoms with Crippen LogP contribution >= 0.6 is 11.8 Å². The zero-order valence-corrected chi connectivity index (χ0v) is 18.8. The maximum Gasteiger partial charge on any atom is 0.321 e. The van der Waals surface area contributed by atoms with Gasteiger partial charge in [0.15, 0.2) is 5.16 Å². The van der Waals surface area contributed by atoms with Crippen LogP contribution in [-0.2, 0) is 11.3 Å². The molecule has 164 valence electrons. The van der Waals surface area contributed by atoms with Gasteiger partial charge in [-0.05, 0) is 59.1 Å². The van der Waals surface area contributed by atoms with E-state index in [0.717, 1.165) is 37.6 Å². The molecule has 2 aromatic rings. The minimum atomic E-state index is -0.524. The van der Waals surface area contributed by atoms with Gasteiger partial charge in [-0.2, -0.15) is 0 Å². The maximum atomic E-state index is 12.5. The van der Waals surface area contributed by atoms with Gasteiger partial charge in [-0.15, -0.1) is 10.2 Å². The van der Waals surface area contributed by atoms with Crippen LogP contribution in [0.3, 0.4) is 0 Å². The van der Waals surface area contributed by atoms with E-state index in [1.54, 1.807) is 13.2 Å². The van der Waals surface area contributed by atoms with Crippen LogP contribution in [0.2, 0.25) is 0 Å². The smallest absolute Gasteiger partial charge is 0.321 e. The molecule has 2 N–H and O–H groups in total. The van der Waals surface area contributed by atoms with Crippen LogP contribution in [0, 0.1) is 0 Å². The summed E-state index contributed by atoms with van der Waals surface area (Å²) in [4.78, 5) is 26.7. The SMILES string of the molecule is C[C@H](Sc1nnc(N2CCCCC2)n1Cc1ccco1)C(=O)NC(=O)NC(C)(C)C. The summed E-state index contributed by atoms with van der Waals surface area (Å²) >= 11 is 1.27. The van der Waals surface area contributed by atoms with Crippen molar-refractivity contribution in [2.24, 2.45) is 0 Å². The molecule has 3 amide bonds. The Kier molecular flexibility index (Phi) is 7.06. The van der Waals surface area contributed by atoms with E-state index in [1.807, 2.05) is 37.5 Å². The third kappa shape index (κ3) is 6.01. The van der Waals surface area contributed by atoms with Gasteiger partial charge in [0.2, 0.25) is 11.9 Å². The number of rotatable bonds is 6. The van der Waals surface area contributed by atoms with Gasteiger partial charge >= 0.3 is 6.03 Å². The monoisotopic (exact) mass is 434 g/mol. The van der Waals surface area contributed by atoms with Crippen LogP contribution < -0.4 is 15.5 Å². The first-order chi connectivity index (χ1) is 14.2. The molecule has 0 saturated carbocycles. The van der Waals surface area contributed by atoms with E-state index in [1.165, 1.54) is 18.2 Å². The number of nitrogens with one attached hydrogen (secondary N) is 2. The molecule has 10 heteroatoms. The fraction of sp³-hybridized carbons (Fsp3) is 0.600. The Labute approximate surface area is 181 Å². The average Bonchev–Trinajstić information content (AvgIpc) is 3.32. The average molecular weight is 435 g/mol. The molecule has 3 rings (SSSR count). The van der Waals surface area contributed by atoms with Crippen LogP contribution in [0.1, 0.15) is 52.7 Å². The maximum absolute atomic E-state index is 12.5. The highest BCUT2D eigenvalue weighted by Gasteiger charge is 2.25. The molecular formula is C20H30N6O3S. The van der Waals surface area contributed by atoms with Crippen molar-refractivity contribution in [1.29, 1.82) is 0 Å². The lowest BCUT2D eigenvalue weighted by Crippen LogP contribution is -2.49. The van der Waals surface area contributed by atoms with Gasteiger partial charge in [0, 0.05) is 18.6 Å². The number of carbonyl (C=O) groups is 2. The molecule has 1 aliphatic heterocycles. The third-order valence-electron chi connectivity index (χ3n) is 4.61. The fourth-order valence-electron chi connectivity index (χ4n) is 3.19. The summed E-state index contributed by atoms with van der Waals surface area (Å²) in [6.45, 7) is 9.66. The second-order valence-corrected chi connectivity index (χ2v) is 9.76. The van der Waals surface area contributed by atoms with Crippen molar-refractivity contribution in [3.05, 3.63) is 24.2 Å². The standard InChI is InChI=1S/C20H30N6O3S/c1-14(16(27)21-17(28)22-20(2,3)4)30-19-24-23-18(25-10-6-5-7-11-25)26(19)13-15-9-8-12-29-15/h8-9,12,14H,5-7,10-11,13H2,1-4H3,(H2,21,22,27,28)/t14-/m0/s1. The van der Waals surface area contributed by atoms with Crippen molar-refractivity contribution in [3.63, 3.8) is 0 Å². The Bertz CT molecular complexity index is 853. The summed E-state index contributed by atoms with van der Waals surface area (Å²) in [5, 5.41) is 14.0. The first-order valence-corrected chi connectivity index (χ1v) is 11.1. The van der Waals surface area contributed by atoms with Gasteiger partial charge in [0.05, 0.1) is 18.1 Å². The Morgan fingerprint density at radius 1 is 1.23 bits per heavy atom. The van der Waals surface area contributed by atoms with Crippen molar-refractivity contribution in [3.8, 4) is 0 Å². The second-order valence-electron chi connectivity index (χ2n) is 8.45. The molecule has 0 radical (unpaired) electrons. The van der Waals surface area contributed by atoms with Crippen molar-refractivity contribution in [2.75, 3.05) is 18.0 Å². The summed E-state index contributed by atoms with van der Waals surface area (Å²) in [5.41, 5.74) is -0.423. The minimum Gasteiger partial charge on any atom is -0.467 e. The summed E-state index contributed by atoms with van der Waals surface area (Å²) < 4.78 is 7.50. The Hall–Kier alpha value is -2.49. The number of imide groups is 1. The largest absolute Gasteiger partial charge is 0.467 e. The number of piperidine rings is 1. The number of hydrogen-bond donors (Lipinski definition) is 2. The van der Waals surface area contributed by atoms with Crippen molar-refractivity contribution in [1.82, 2.24) is 25.4 Å². The van der Waals surface area contributed by atoms with Crippen LogP contribution in [0.15, 0.2) is 28.0 Å². The van der Waals surface area contributed by atoms with Gasteiger partial charge < -0.3 is 14.6 Å². The Morgan fingerprint density at radius 2 is 1.97 bits per heavy atom. The molecule has 1 atom stereocenters.